The number of phenolic OH excluding ortho intramolecular Hbond substituents is 1. The molecule has 1 aromatic carbocycles. The van der Waals surface area contributed by atoms with Gasteiger partial charge in [0.15, 0.2) is 0 Å². The number of hydrogen-bond acceptors (Lipinski definition) is 3. The Morgan fingerprint density at radius 1 is 1.61 bits per heavy atom. The molecular formula is C12H15BrN2O2S. The molecule has 0 bridgehead atoms. The molecule has 1 amide bonds. The van der Waals surface area contributed by atoms with E-state index in [1.54, 1.807) is 19.2 Å². The largest absolute Gasteiger partial charge is 0.507 e. The number of hydrogen-bond donors (Lipinski definition) is 2. The molecule has 18 heavy (non-hydrogen) atoms. The van der Waals surface area contributed by atoms with Crippen molar-refractivity contribution in [3.05, 3.63) is 28.2 Å². The van der Waals surface area contributed by atoms with E-state index in [-0.39, 0.29) is 23.1 Å². The van der Waals surface area contributed by atoms with Crippen LogP contribution in [0.3, 0.4) is 0 Å². The molecule has 1 aromatic rings. The molecule has 0 aliphatic heterocycles. The summed E-state index contributed by atoms with van der Waals surface area (Å²) >= 11 is 8.13. The van der Waals surface area contributed by atoms with Gasteiger partial charge in [-0.2, -0.15) is 0 Å². The molecule has 0 fully saturated rings. The summed E-state index contributed by atoms with van der Waals surface area (Å²) in [5.74, 6) is -0.377. The number of nitrogens with zero attached hydrogens (tertiary/aromatic N) is 1. The van der Waals surface area contributed by atoms with Gasteiger partial charge in [0.2, 0.25) is 0 Å². The number of thiocarbonyl (C=S) groups is 1. The smallest absolute Gasteiger partial charge is 0.257 e. The number of amides is 1. The van der Waals surface area contributed by atoms with Gasteiger partial charge in [0, 0.05) is 24.0 Å². The first-order valence-corrected chi connectivity index (χ1v) is 6.56. The lowest BCUT2D eigenvalue weighted by molar-refractivity contribution is 0.0784. The number of nitrogens with two attached hydrogens (primary N) is 1. The minimum atomic E-state index is -0.267. The summed E-state index contributed by atoms with van der Waals surface area (Å²) in [6, 6.07) is 4.73. The lowest BCUT2D eigenvalue weighted by atomic mass is 10.1. The van der Waals surface area contributed by atoms with Crippen molar-refractivity contribution in [2.45, 2.75) is 6.92 Å². The summed E-state index contributed by atoms with van der Waals surface area (Å²) in [7, 11) is 1.65. The fourth-order valence-corrected chi connectivity index (χ4v) is 1.90. The zero-order chi connectivity index (χ0) is 13.9. The monoisotopic (exact) mass is 330 g/mol. The Balaban J connectivity index is 2.86. The zero-order valence-electron chi connectivity index (χ0n) is 10.2. The molecule has 1 unspecified atom stereocenters. The van der Waals surface area contributed by atoms with Crippen LogP contribution in [0.15, 0.2) is 22.7 Å². The number of carbonyl (C=O) groups excluding carboxylic acids is 1. The van der Waals surface area contributed by atoms with Gasteiger partial charge in [0.25, 0.3) is 5.91 Å². The molecule has 1 atom stereocenters. The van der Waals surface area contributed by atoms with Gasteiger partial charge < -0.3 is 15.7 Å². The van der Waals surface area contributed by atoms with Gasteiger partial charge in [-0.3, -0.25) is 4.79 Å². The average Bonchev–Trinajstić information content (AvgIpc) is 2.31. The second-order valence-electron chi connectivity index (χ2n) is 4.15. The minimum absolute atomic E-state index is 0.0435. The van der Waals surface area contributed by atoms with E-state index < -0.39 is 0 Å². The van der Waals surface area contributed by atoms with Gasteiger partial charge in [-0.25, -0.2) is 0 Å². The van der Waals surface area contributed by atoms with E-state index in [1.807, 2.05) is 6.92 Å². The van der Waals surface area contributed by atoms with Gasteiger partial charge in [0.05, 0.1) is 10.6 Å². The van der Waals surface area contributed by atoms with Crippen molar-refractivity contribution in [1.29, 1.82) is 0 Å². The highest BCUT2D eigenvalue weighted by Gasteiger charge is 2.18. The maximum atomic E-state index is 12.1. The normalized spacial score (nSPS) is 11.9. The SMILES string of the molecule is CC(CN(C)C(=O)c1cc(Br)ccc1O)C(N)=S. The van der Waals surface area contributed by atoms with Crippen LogP contribution in [0, 0.1) is 5.92 Å². The fraction of sp³-hybridized carbons (Fsp3) is 0.333. The highest BCUT2D eigenvalue weighted by Crippen LogP contribution is 2.23. The predicted molar refractivity (Wildman–Crippen MR) is 78.7 cm³/mol. The topological polar surface area (TPSA) is 66.6 Å². The second-order valence-corrected chi connectivity index (χ2v) is 5.54. The molecule has 98 valence electrons. The van der Waals surface area contributed by atoms with Crippen LogP contribution in [0.5, 0.6) is 5.75 Å². The molecule has 1 rings (SSSR count). The Morgan fingerprint density at radius 3 is 2.78 bits per heavy atom. The lowest BCUT2D eigenvalue weighted by Gasteiger charge is -2.21. The van der Waals surface area contributed by atoms with E-state index in [4.69, 9.17) is 18.0 Å². The Kier molecular flexibility index (Phi) is 5.10. The summed E-state index contributed by atoms with van der Waals surface area (Å²) in [5, 5.41) is 9.68. The molecule has 0 saturated carbocycles. The molecule has 6 heteroatoms. The molecule has 0 aliphatic rings. The number of aromatic hydroxyl groups is 1. The van der Waals surface area contributed by atoms with Gasteiger partial charge in [-0.05, 0) is 18.2 Å². The molecule has 0 spiro atoms. The molecule has 0 aliphatic carbocycles. The van der Waals surface area contributed by atoms with Crippen molar-refractivity contribution >= 4 is 39.0 Å². The van der Waals surface area contributed by atoms with Crippen LogP contribution in [0.4, 0.5) is 0 Å². The van der Waals surface area contributed by atoms with E-state index in [9.17, 15) is 9.90 Å². The Bertz CT molecular complexity index is 479. The first kappa shape index (κ1) is 14.9. The van der Waals surface area contributed by atoms with E-state index in [2.05, 4.69) is 15.9 Å². The first-order chi connectivity index (χ1) is 8.32. The van der Waals surface area contributed by atoms with Crippen LogP contribution in [-0.2, 0) is 0 Å². The minimum Gasteiger partial charge on any atom is -0.507 e. The van der Waals surface area contributed by atoms with Crippen LogP contribution in [-0.4, -0.2) is 34.5 Å². The third kappa shape index (κ3) is 3.68. The molecule has 0 aromatic heterocycles. The highest BCUT2D eigenvalue weighted by atomic mass is 79.9. The number of rotatable bonds is 4. The van der Waals surface area contributed by atoms with Crippen LogP contribution in [0.1, 0.15) is 17.3 Å². The Morgan fingerprint density at radius 2 is 2.22 bits per heavy atom. The summed E-state index contributed by atoms with van der Waals surface area (Å²) < 4.78 is 0.736. The van der Waals surface area contributed by atoms with Gasteiger partial charge >= 0.3 is 0 Å². The third-order valence-corrected chi connectivity index (χ3v) is 3.46. The third-order valence-electron chi connectivity index (χ3n) is 2.57. The molecule has 4 nitrogen and oxygen atoms in total. The van der Waals surface area contributed by atoms with Crippen molar-refractivity contribution in [2.75, 3.05) is 13.6 Å². The number of carbonyl (C=O) groups is 1. The lowest BCUT2D eigenvalue weighted by Crippen LogP contribution is -2.35. The van der Waals surface area contributed by atoms with Crippen molar-refractivity contribution in [2.24, 2.45) is 11.7 Å². The predicted octanol–water partition coefficient (Wildman–Crippen LogP) is 2.15. The summed E-state index contributed by atoms with van der Waals surface area (Å²) in [6.45, 7) is 2.27. The molecule has 0 radical (unpaired) electrons. The molecule has 0 heterocycles. The van der Waals surface area contributed by atoms with Crippen molar-refractivity contribution in [3.8, 4) is 5.75 Å². The molecular weight excluding hydrogens is 316 g/mol. The summed E-state index contributed by atoms with van der Waals surface area (Å²) in [5.41, 5.74) is 5.77. The highest BCUT2D eigenvalue weighted by molar-refractivity contribution is 9.10. The number of benzene rings is 1. The first-order valence-electron chi connectivity index (χ1n) is 5.36. The van der Waals surface area contributed by atoms with Crippen molar-refractivity contribution in [3.63, 3.8) is 0 Å². The Labute approximate surface area is 120 Å². The molecule has 3 N–H and O–H groups in total. The van der Waals surface area contributed by atoms with Crippen LogP contribution < -0.4 is 5.73 Å². The van der Waals surface area contributed by atoms with Crippen LogP contribution in [0.25, 0.3) is 0 Å². The average molecular weight is 331 g/mol. The van der Waals surface area contributed by atoms with Crippen molar-refractivity contribution < 1.29 is 9.90 Å². The van der Waals surface area contributed by atoms with Gasteiger partial charge in [-0.15, -0.1) is 0 Å². The van der Waals surface area contributed by atoms with Crippen LogP contribution >= 0.6 is 28.1 Å². The molecule has 0 saturated heterocycles. The second kappa shape index (κ2) is 6.15. The van der Waals surface area contributed by atoms with Crippen molar-refractivity contribution in [1.82, 2.24) is 4.90 Å². The summed E-state index contributed by atoms with van der Waals surface area (Å²) in [4.78, 5) is 14.0. The van der Waals surface area contributed by atoms with Gasteiger partial charge in [-0.1, -0.05) is 35.1 Å². The number of halogens is 1. The van der Waals surface area contributed by atoms with E-state index in [0.29, 0.717) is 11.5 Å². The maximum Gasteiger partial charge on any atom is 0.257 e. The van der Waals surface area contributed by atoms with Crippen LogP contribution in [0.2, 0.25) is 0 Å². The standard InChI is InChI=1S/C12H15BrN2O2S/c1-7(11(14)18)6-15(2)12(17)9-5-8(13)3-4-10(9)16/h3-5,7,16H,6H2,1-2H3,(H2,14,18). The zero-order valence-corrected chi connectivity index (χ0v) is 12.6. The number of phenols is 1. The quantitative estimate of drug-likeness (QED) is 0.830. The van der Waals surface area contributed by atoms with E-state index >= 15 is 0 Å². The maximum absolute atomic E-state index is 12.1. The summed E-state index contributed by atoms with van der Waals surface area (Å²) in [6.07, 6.45) is 0. The van der Waals surface area contributed by atoms with E-state index in [1.165, 1.54) is 11.0 Å². The van der Waals surface area contributed by atoms with E-state index in [0.717, 1.165) is 4.47 Å². The van der Waals surface area contributed by atoms with Gasteiger partial charge in [0.1, 0.15) is 5.75 Å². The Hall–Kier alpha value is -1.14. The fourth-order valence-electron chi connectivity index (χ4n) is 1.47.